The predicted molar refractivity (Wildman–Crippen MR) is 107 cm³/mol. The molecule has 0 radical (unpaired) electrons. The fourth-order valence-electron chi connectivity index (χ4n) is 2.38. The van der Waals surface area contributed by atoms with Gasteiger partial charge in [-0.3, -0.25) is 5.32 Å². The zero-order valence-corrected chi connectivity index (χ0v) is 17.0. The lowest BCUT2D eigenvalue weighted by Gasteiger charge is -2.15. The highest BCUT2D eigenvalue weighted by atomic mass is 32.2. The molecule has 2 heterocycles. The molecule has 0 aliphatic rings. The van der Waals surface area contributed by atoms with Crippen LogP contribution >= 0.6 is 11.3 Å². The lowest BCUT2D eigenvalue weighted by atomic mass is 10.2. The predicted octanol–water partition coefficient (Wildman–Crippen LogP) is 2.82. The first kappa shape index (κ1) is 20.8. The SMILES string of the molecule is CN(Cc1csc(NC(=O)NCc2cccc(F)c2)n1)S(=O)(=O)c1ccccn1. The van der Waals surface area contributed by atoms with Gasteiger partial charge in [-0.2, -0.15) is 4.31 Å². The second-order valence-electron chi connectivity index (χ2n) is 6.01. The second kappa shape index (κ2) is 9.07. The van der Waals surface area contributed by atoms with E-state index in [2.05, 4.69) is 20.6 Å². The van der Waals surface area contributed by atoms with Gasteiger partial charge in [0.2, 0.25) is 0 Å². The maximum absolute atomic E-state index is 13.2. The van der Waals surface area contributed by atoms with Crippen LogP contribution in [0.2, 0.25) is 0 Å². The molecule has 0 aliphatic carbocycles. The largest absolute Gasteiger partial charge is 0.334 e. The number of hydrogen-bond acceptors (Lipinski definition) is 6. The Labute approximate surface area is 171 Å². The molecule has 1 aromatic carbocycles. The summed E-state index contributed by atoms with van der Waals surface area (Å²) in [6, 6.07) is 10.1. The van der Waals surface area contributed by atoms with E-state index in [9.17, 15) is 17.6 Å². The number of nitrogens with zero attached hydrogens (tertiary/aromatic N) is 3. The smallest absolute Gasteiger partial charge is 0.321 e. The van der Waals surface area contributed by atoms with E-state index in [1.807, 2.05) is 0 Å². The topological polar surface area (TPSA) is 104 Å². The van der Waals surface area contributed by atoms with Crippen LogP contribution in [-0.2, 0) is 23.1 Å². The number of nitrogens with one attached hydrogen (secondary N) is 2. The van der Waals surface area contributed by atoms with Gasteiger partial charge in [-0.15, -0.1) is 11.3 Å². The third-order valence-electron chi connectivity index (χ3n) is 3.81. The Balaban J connectivity index is 1.55. The van der Waals surface area contributed by atoms with E-state index in [0.717, 1.165) is 4.31 Å². The normalized spacial score (nSPS) is 11.4. The van der Waals surface area contributed by atoms with Crippen LogP contribution in [0.25, 0.3) is 0 Å². The maximum Gasteiger partial charge on any atom is 0.321 e. The van der Waals surface area contributed by atoms with Gasteiger partial charge in [0.1, 0.15) is 5.82 Å². The number of pyridine rings is 1. The van der Waals surface area contributed by atoms with Gasteiger partial charge in [0.15, 0.2) is 10.2 Å². The number of hydrogen-bond donors (Lipinski definition) is 2. The first-order valence-corrected chi connectivity index (χ1v) is 10.8. The lowest BCUT2D eigenvalue weighted by Crippen LogP contribution is -2.28. The van der Waals surface area contributed by atoms with Crippen molar-refractivity contribution in [3.8, 4) is 0 Å². The minimum atomic E-state index is -3.74. The molecule has 3 aromatic rings. The Morgan fingerprint density at radius 1 is 1.24 bits per heavy atom. The van der Waals surface area contributed by atoms with Crippen molar-refractivity contribution in [3.05, 3.63) is 71.1 Å². The van der Waals surface area contributed by atoms with Gasteiger partial charge < -0.3 is 5.32 Å². The molecule has 2 N–H and O–H groups in total. The number of carbonyl (C=O) groups excluding carboxylic acids is 1. The minimum absolute atomic E-state index is 0.0298. The van der Waals surface area contributed by atoms with Gasteiger partial charge in [0.25, 0.3) is 10.0 Å². The van der Waals surface area contributed by atoms with Crippen molar-refractivity contribution < 1.29 is 17.6 Å². The molecular weight excluding hydrogens is 417 g/mol. The molecule has 2 aromatic heterocycles. The van der Waals surface area contributed by atoms with Crippen LogP contribution < -0.4 is 10.6 Å². The van der Waals surface area contributed by atoms with Crippen LogP contribution in [-0.4, -0.2) is 35.8 Å². The van der Waals surface area contributed by atoms with Crippen molar-refractivity contribution in [2.24, 2.45) is 0 Å². The molecular formula is C18H18FN5O3S2. The van der Waals surface area contributed by atoms with Gasteiger partial charge in [0, 0.05) is 25.2 Å². The number of benzene rings is 1. The highest BCUT2D eigenvalue weighted by Gasteiger charge is 2.23. The van der Waals surface area contributed by atoms with Crippen LogP contribution in [0.5, 0.6) is 0 Å². The molecule has 8 nitrogen and oxygen atoms in total. The van der Waals surface area contributed by atoms with E-state index in [4.69, 9.17) is 0 Å². The average Bonchev–Trinajstić information content (AvgIpc) is 3.13. The van der Waals surface area contributed by atoms with Crippen LogP contribution in [0.15, 0.2) is 59.1 Å². The van der Waals surface area contributed by atoms with E-state index >= 15 is 0 Å². The van der Waals surface area contributed by atoms with Crippen LogP contribution in [0.3, 0.4) is 0 Å². The highest BCUT2D eigenvalue weighted by molar-refractivity contribution is 7.89. The lowest BCUT2D eigenvalue weighted by molar-refractivity contribution is 0.251. The molecule has 0 saturated heterocycles. The fourth-order valence-corrected chi connectivity index (χ4v) is 4.14. The molecule has 0 atom stereocenters. The molecule has 3 rings (SSSR count). The standard InChI is InChI=1S/C18H18FN5O3S2/c1-24(29(26,27)16-7-2-3-8-20-16)11-15-12-28-18(22-15)23-17(25)21-10-13-5-4-6-14(19)9-13/h2-9,12H,10-11H2,1H3,(H2,21,22,23,25). The molecule has 0 spiro atoms. The number of thiazole rings is 1. The summed E-state index contributed by atoms with van der Waals surface area (Å²) in [5, 5.41) is 7.11. The summed E-state index contributed by atoms with van der Waals surface area (Å²) in [4.78, 5) is 20.1. The number of halogens is 1. The molecule has 29 heavy (non-hydrogen) atoms. The monoisotopic (exact) mass is 435 g/mol. The number of amides is 2. The number of carbonyl (C=O) groups is 1. The highest BCUT2D eigenvalue weighted by Crippen LogP contribution is 2.19. The zero-order chi connectivity index (χ0) is 20.9. The summed E-state index contributed by atoms with van der Waals surface area (Å²) in [6.07, 6.45) is 1.41. The van der Waals surface area contributed by atoms with Gasteiger partial charge in [-0.1, -0.05) is 18.2 Å². The summed E-state index contributed by atoms with van der Waals surface area (Å²) in [5.41, 5.74) is 1.11. The van der Waals surface area contributed by atoms with Crippen molar-refractivity contribution in [2.45, 2.75) is 18.1 Å². The summed E-state index contributed by atoms with van der Waals surface area (Å²) < 4.78 is 39.3. The molecule has 2 amide bonds. The summed E-state index contributed by atoms with van der Waals surface area (Å²) >= 11 is 1.17. The summed E-state index contributed by atoms with van der Waals surface area (Å²) in [5.74, 6) is -0.376. The van der Waals surface area contributed by atoms with E-state index < -0.39 is 16.1 Å². The Morgan fingerprint density at radius 3 is 2.79 bits per heavy atom. The second-order valence-corrected chi connectivity index (χ2v) is 8.86. The first-order chi connectivity index (χ1) is 13.8. The Bertz CT molecular complexity index is 1090. The van der Waals surface area contributed by atoms with Gasteiger partial charge >= 0.3 is 6.03 Å². The van der Waals surface area contributed by atoms with Crippen molar-refractivity contribution in [1.29, 1.82) is 0 Å². The molecule has 0 fully saturated rings. The van der Waals surface area contributed by atoms with Crippen LogP contribution in [0.1, 0.15) is 11.3 Å². The van der Waals surface area contributed by atoms with Gasteiger partial charge in [-0.05, 0) is 29.8 Å². The quantitative estimate of drug-likeness (QED) is 0.594. The van der Waals surface area contributed by atoms with E-state index in [1.165, 1.54) is 42.8 Å². The summed E-state index contributed by atoms with van der Waals surface area (Å²) in [6.45, 7) is 0.189. The van der Waals surface area contributed by atoms with Gasteiger partial charge in [0.05, 0.1) is 12.2 Å². The third kappa shape index (κ3) is 5.56. The van der Waals surface area contributed by atoms with Crippen molar-refractivity contribution in [1.82, 2.24) is 19.6 Å². The molecule has 152 valence electrons. The molecule has 0 aliphatic heterocycles. The molecule has 0 saturated carbocycles. The van der Waals surface area contributed by atoms with Crippen LogP contribution in [0.4, 0.5) is 14.3 Å². The van der Waals surface area contributed by atoms with E-state index in [0.29, 0.717) is 16.4 Å². The maximum atomic E-state index is 13.2. The fraction of sp³-hybridized carbons (Fsp3) is 0.167. The number of rotatable bonds is 7. The third-order valence-corrected chi connectivity index (χ3v) is 6.34. The van der Waals surface area contributed by atoms with E-state index in [-0.39, 0.29) is 23.9 Å². The number of urea groups is 1. The van der Waals surface area contributed by atoms with E-state index in [1.54, 1.807) is 29.6 Å². The molecule has 0 unspecified atom stereocenters. The number of aromatic nitrogens is 2. The van der Waals surface area contributed by atoms with Crippen molar-refractivity contribution >= 4 is 32.5 Å². The number of sulfonamides is 1. The molecule has 0 bridgehead atoms. The Kier molecular flexibility index (Phi) is 6.52. The van der Waals surface area contributed by atoms with Crippen molar-refractivity contribution in [2.75, 3.05) is 12.4 Å². The minimum Gasteiger partial charge on any atom is -0.334 e. The zero-order valence-electron chi connectivity index (χ0n) is 15.4. The van der Waals surface area contributed by atoms with Gasteiger partial charge in [-0.25, -0.2) is 27.6 Å². The number of anilines is 1. The van der Waals surface area contributed by atoms with Crippen LogP contribution in [0, 0.1) is 5.82 Å². The Morgan fingerprint density at radius 2 is 2.07 bits per heavy atom. The average molecular weight is 436 g/mol. The first-order valence-electron chi connectivity index (χ1n) is 8.45. The van der Waals surface area contributed by atoms with Crippen molar-refractivity contribution in [3.63, 3.8) is 0 Å². The molecule has 11 heteroatoms. The Hall–Kier alpha value is -2.89. The summed E-state index contributed by atoms with van der Waals surface area (Å²) in [7, 11) is -2.30.